The molecule has 0 spiro atoms. The molecule has 1 unspecified atom stereocenters. The minimum Gasteiger partial charge on any atom is -0.316 e. The predicted octanol–water partition coefficient (Wildman–Crippen LogP) is 2.70. The normalized spacial score (nSPS) is 20.2. The van der Waals surface area contributed by atoms with E-state index in [2.05, 4.69) is 21.2 Å². The fourth-order valence-corrected chi connectivity index (χ4v) is 2.55. The molecule has 1 fully saturated rings. The fourth-order valence-electron chi connectivity index (χ4n) is 2.12. The molecule has 1 aromatic carbocycles. The molecule has 2 nitrogen and oxygen atoms in total. The van der Waals surface area contributed by atoms with Gasteiger partial charge >= 0.3 is 0 Å². The molecular formula is C13H15BrFNO. The number of carbonyl (C=O) groups is 1. The summed E-state index contributed by atoms with van der Waals surface area (Å²) in [7, 11) is 0. The maximum Gasteiger partial charge on any atom is 0.141 e. The summed E-state index contributed by atoms with van der Waals surface area (Å²) in [4.78, 5) is 12.0. The quantitative estimate of drug-likeness (QED) is 0.930. The van der Waals surface area contributed by atoms with Crippen LogP contribution in [0.3, 0.4) is 0 Å². The van der Waals surface area contributed by atoms with Gasteiger partial charge in [0.15, 0.2) is 0 Å². The summed E-state index contributed by atoms with van der Waals surface area (Å²) in [6.07, 6.45) is 2.42. The van der Waals surface area contributed by atoms with Gasteiger partial charge in [-0.15, -0.1) is 0 Å². The number of ketones is 1. The van der Waals surface area contributed by atoms with Crippen LogP contribution in [0.15, 0.2) is 22.7 Å². The Kier molecular flexibility index (Phi) is 4.29. The Bertz CT molecular complexity index is 416. The minimum absolute atomic E-state index is 0.118. The number of benzene rings is 1. The molecule has 4 heteroatoms. The molecule has 0 radical (unpaired) electrons. The van der Waals surface area contributed by atoms with Gasteiger partial charge in [0.25, 0.3) is 0 Å². The lowest BCUT2D eigenvalue weighted by Gasteiger charge is -2.21. The molecule has 2 rings (SSSR count). The zero-order chi connectivity index (χ0) is 12.3. The second kappa shape index (κ2) is 5.74. The van der Waals surface area contributed by atoms with Crippen LogP contribution in [0.4, 0.5) is 4.39 Å². The van der Waals surface area contributed by atoms with Crippen molar-refractivity contribution < 1.29 is 9.18 Å². The summed E-state index contributed by atoms with van der Waals surface area (Å²) in [5.74, 6) is 0.0730. The molecule has 0 aliphatic carbocycles. The van der Waals surface area contributed by atoms with Gasteiger partial charge in [-0.2, -0.15) is 0 Å². The number of halogens is 2. The molecule has 17 heavy (non-hydrogen) atoms. The van der Waals surface area contributed by atoms with Gasteiger partial charge in [0, 0.05) is 18.9 Å². The molecule has 0 saturated carbocycles. The Balaban J connectivity index is 1.99. The highest BCUT2D eigenvalue weighted by molar-refractivity contribution is 9.10. The van der Waals surface area contributed by atoms with Crippen molar-refractivity contribution in [3.8, 4) is 0 Å². The highest BCUT2D eigenvalue weighted by Crippen LogP contribution is 2.19. The van der Waals surface area contributed by atoms with Gasteiger partial charge in [-0.1, -0.05) is 6.07 Å². The third-order valence-corrected chi connectivity index (χ3v) is 3.72. The summed E-state index contributed by atoms with van der Waals surface area (Å²) < 4.78 is 13.5. The maximum atomic E-state index is 13.0. The first-order valence-electron chi connectivity index (χ1n) is 5.84. The van der Waals surface area contributed by atoms with Gasteiger partial charge in [0.1, 0.15) is 11.6 Å². The van der Waals surface area contributed by atoms with E-state index in [4.69, 9.17) is 0 Å². The van der Waals surface area contributed by atoms with Crippen LogP contribution < -0.4 is 5.32 Å². The van der Waals surface area contributed by atoms with Gasteiger partial charge in [0.2, 0.25) is 0 Å². The van der Waals surface area contributed by atoms with E-state index >= 15 is 0 Å². The van der Waals surface area contributed by atoms with E-state index < -0.39 is 0 Å². The van der Waals surface area contributed by atoms with Crippen molar-refractivity contribution >= 4 is 21.7 Å². The van der Waals surface area contributed by atoms with Crippen LogP contribution in [-0.2, 0) is 11.2 Å². The lowest BCUT2D eigenvalue weighted by molar-refractivity contribution is -0.122. The van der Waals surface area contributed by atoms with Crippen LogP contribution >= 0.6 is 15.9 Å². The minimum atomic E-state index is -0.291. The van der Waals surface area contributed by atoms with E-state index in [1.807, 2.05) is 0 Å². The summed E-state index contributed by atoms with van der Waals surface area (Å²) in [6, 6.07) is 4.75. The van der Waals surface area contributed by atoms with Crippen molar-refractivity contribution in [2.75, 3.05) is 13.1 Å². The molecular weight excluding hydrogens is 285 g/mol. The topological polar surface area (TPSA) is 29.1 Å². The molecule has 1 atom stereocenters. The van der Waals surface area contributed by atoms with Crippen molar-refractivity contribution in [1.29, 1.82) is 0 Å². The lowest BCUT2D eigenvalue weighted by Crippen LogP contribution is -2.35. The fraction of sp³-hybridized carbons (Fsp3) is 0.462. The Morgan fingerprint density at radius 1 is 1.53 bits per heavy atom. The average molecular weight is 300 g/mol. The molecule has 1 saturated heterocycles. The second-order valence-electron chi connectivity index (χ2n) is 4.43. The van der Waals surface area contributed by atoms with Crippen LogP contribution in [0.1, 0.15) is 18.4 Å². The SMILES string of the molecule is O=C(Cc1ccc(F)c(Br)c1)C1CCCNC1. The molecule has 0 aromatic heterocycles. The standard InChI is InChI=1S/C13H15BrFNO/c14-11-6-9(3-4-12(11)15)7-13(17)10-2-1-5-16-8-10/h3-4,6,10,16H,1-2,5,7-8H2. The van der Waals surface area contributed by atoms with Crippen molar-refractivity contribution in [1.82, 2.24) is 5.32 Å². The van der Waals surface area contributed by atoms with Gasteiger partial charge in [-0.05, 0) is 53.0 Å². The van der Waals surface area contributed by atoms with Crippen molar-refractivity contribution in [3.05, 3.63) is 34.1 Å². The third-order valence-electron chi connectivity index (χ3n) is 3.11. The van der Waals surface area contributed by atoms with Crippen molar-refractivity contribution in [3.63, 3.8) is 0 Å². The summed E-state index contributed by atoms with van der Waals surface area (Å²) >= 11 is 3.13. The summed E-state index contributed by atoms with van der Waals surface area (Å²) in [5, 5.41) is 3.23. The first kappa shape index (κ1) is 12.7. The summed E-state index contributed by atoms with van der Waals surface area (Å²) in [6.45, 7) is 1.78. The number of carbonyl (C=O) groups excluding carboxylic acids is 1. The number of rotatable bonds is 3. The van der Waals surface area contributed by atoms with Crippen molar-refractivity contribution in [2.24, 2.45) is 5.92 Å². The highest BCUT2D eigenvalue weighted by atomic mass is 79.9. The number of hydrogen-bond acceptors (Lipinski definition) is 2. The zero-order valence-corrected chi connectivity index (χ0v) is 11.1. The van der Waals surface area contributed by atoms with Gasteiger partial charge in [-0.3, -0.25) is 4.79 Å². The smallest absolute Gasteiger partial charge is 0.141 e. The lowest BCUT2D eigenvalue weighted by atomic mass is 9.91. The third kappa shape index (κ3) is 3.36. The van der Waals surface area contributed by atoms with Gasteiger partial charge < -0.3 is 5.32 Å². The van der Waals surface area contributed by atoms with Crippen LogP contribution in [0.25, 0.3) is 0 Å². The Labute approximate surface area is 109 Å². The molecule has 0 bridgehead atoms. The van der Waals surface area contributed by atoms with E-state index in [1.165, 1.54) is 6.07 Å². The number of piperidine rings is 1. The Morgan fingerprint density at radius 3 is 3.00 bits per heavy atom. The highest BCUT2D eigenvalue weighted by Gasteiger charge is 2.20. The second-order valence-corrected chi connectivity index (χ2v) is 5.29. The first-order valence-corrected chi connectivity index (χ1v) is 6.63. The number of Topliss-reactive ketones (excluding diaryl/α,β-unsaturated/α-hetero) is 1. The first-order chi connectivity index (χ1) is 8.16. The predicted molar refractivity (Wildman–Crippen MR) is 68.4 cm³/mol. The molecule has 1 N–H and O–H groups in total. The molecule has 1 aliphatic heterocycles. The van der Waals surface area contributed by atoms with Crippen molar-refractivity contribution in [2.45, 2.75) is 19.3 Å². The average Bonchev–Trinajstić information content (AvgIpc) is 2.35. The zero-order valence-electron chi connectivity index (χ0n) is 9.51. The monoisotopic (exact) mass is 299 g/mol. The molecule has 1 heterocycles. The van der Waals surface area contributed by atoms with Crippen LogP contribution in [0.2, 0.25) is 0 Å². The van der Waals surface area contributed by atoms with Gasteiger partial charge in [0.05, 0.1) is 4.47 Å². The maximum absolute atomic E-state index is 13.0. The molecule has 0 amide bonds. The number of hydrogen-bond donors (Lipinski definition) is 1. The van der Waals surface area contributed by atoms with E-state index in [9.17, 15) is 9.18 Å². The Hall–Kier alpha value is -0.740. The van der Waals surface area contributed by atoms with E-state index in [0.717, 1.165) is 31.5 Å². The Morgan fingerprint density at radius 2 is 2.35 bits per heavy atom. The molecule has 1 aliphatic rings. The van der Waals surface area contributed by atoms with Crippen LogP contribution in [0, 0.1) is 11.7 Å². The summed E-state index contributed by atoms with van der Waals surface area (Å²) in [5.41, 5.74) is 0.869. The largest absolute Gasteiger partial charge is 0.316 e. The van der Waals surface area contributed by atoms with E-state index in [-0.39, 0.29) is 17.5 Å². The molecule has 92 valence electrons. The number of nitrogens with one attached hydrogen (secondary N) is 1. The van der Waals surface area contributed by atoms with Crippen LogP contribution in [-0.4, -0.2) is 18.9 Å². The van der Waals surface area contributed by atoms with E-state index in [1.54, 1.807) is 12.1 Å². The van der Waals surface area contributed by atoms with Gasteiger partial charge in [-0.25, -0.2) is 4.39 Å². The van der Waals surface area contributed by atoms with Crippen LogP contribution in [0.5, 0.6) is 0 Å². The van der Waals surface area contributed by atoms with E-state index in [0.29, 0.717) is 10.9 Å². The molecule has 1 aromatic rings.